The van der Waals surface area contributed by atoms with E-state index in [4.69, 9.17) is 15.2 Å². The van der Waals surface area contributed by atoms with E-state index in [1.54, 1.807) is 18.2 Å². The molecule has 7 nitrogen and oxygen atoms in total. The van der Waals surface area contributed by atoms with Crippen LogP contribution in [0, 0.1) is 0 Å². The van der Waals surface area contributed by atoms with Crippen LogP contribution in [0.1, 0.15) is 20.8 Å². The second kappa shape index (κ2) is 6.29. The van der Waals surface area contributed by atoms with Gasteiger partial charge in [0.15, 0.2) is 11.6 Å². The Morgan fingerprint density at radius 1 is 1.27 bits per heavy atom. The number of nitrogens with two attached hydrogens (primary N) is 1. The van der Waals surface area contributed by atoms with Crippen LogP contribution in [-0.4, -0.2) is 54.9 Å². The van der Waals surface area contributed by atoms with Crippen LogP contribution in [0.4, 0.5) is 16.3 Å². The summed E-state index contributed by atoms with van der Waals surface area (Å²) >= 11 is 0. The summed E-state index contributed by atoms with van der Waals surface area (Å²) in [7, 11) is 1.57. The first-order chi connectivity index (χ1) is 10.3. The Morgan fingerprint density at radius 3 is 2.45 bits per heavy atom. The number of carbonyl (C=O) groups is 1. The van der Waals surface area contributed by atoms with Gasteiger partial charge in [0, 0.05) is 32.2 Å². The Hall–Kier alpha value is -2.18. The third-order valence-electron chi connectivity index (χ3n) is 3.38. The molecule has 1 aromatic heterocycles. The highest BCUT2D eigenvalue weighted by Gasteiger charge is 2.26. The summed E-state index contributed by atoms with van der Waals surface area (Å²) in [4.78, 5) is 20.0. The second-order valence-electron chi connectivity index (χ2n) is 6.24. The van der Waals surface area contributed by atoms with Gasteiger partial charge in [-0.3, -0.25) is 0 Å². The fourth-order valence-corrected chi connectivity index (χ4v) is 2.25. The summed E-state index contributed by atoms with van der Waals surface area (Å²) in [5.74, 6) is 0.936. The van der Waals surface area contributed by atoms with Gasteiger partial charge in [0.25, 0.3) is 0 Å². The number of ether oxygens (including phenoxy) is 2. The fourth-order valence-electron chi connectivity index (χ4n) is 2.25. The van der Waals surface area contributed by atoms with Crippen molar-refractivity contribution in [2.24, 2.45) is 0 Å². The number of nitrogen functional groups attached to an aromatic ring is 1. The molecule has 1 fully saturated rings. The molecule has 7 heteroatoms. The number of methoxy groups -OCH3 is 1. The maximum absolute atomic E-state index is 12.0. The molecule has 122 valence electrons. The smallest absolute Gasteiger partial charge is 0.410 e. The van der Waals surface area contributed by atoms with E-state index in [1.807, 2.05) is 26.8 Å². The van der Waals surface area contributed by atoms with E-state index in [0.717, 1.165) is 5.69 Å². The van der Waals surface area contributed by atoms with Crippen molar-refractivity contribution in [3.8, 4) is 5.75 Å². The van der Waals surface area contributed by atoms with Crippen molar-refractivity contribution in [1.82, 2.24) is 9.88 Å². The van der Waals surface area contributed by atoms with E-state index >= 15 is 0 Å². The molecule has 0 spiro atoms. The predicted octanol–water partition coefficient (Wildman–Crippen LogP) is 1.73. The highest BCUT2D eigenvalue weighted by atomic mass is 16.6. The van der Waals surface area contributed by atoms with Crippen molar-refractivity contribution < 1.29 is 14.3 Å². The Kier molecular flexibility index (Phi) is 4.63. The first kappa shape index (κ1) is 16.2. The van der Waals surface area contributed by atoms with Crippen LogP contribution in [0.15, 0.2) is 12.3 Å². The molecule has 2 N–H and O–H groups in total. The maximum Gasteiger partial charge on any atom is 0.410 e. The van der Waals surface area contributed by atoms with Gasteiger partial charge in [-0.2, -0.15) is 0 Å². The summed E-state index contributed by atoms with van der Waals surface area (Å²) < 4.78 is 10.6. The highest BCUT2D eigenvalue weighted by molar-refractivity contribution is 5.68. The number of anilines is 2. The summed E-state index contributed by atoms with van der Waals surface area (Å²) in [6.45, 7) is 8.26. The SMILES string of the molecule is COc1cc(N2CCN(C(=O)OC(C)(C)C)CC2)cnc1N. The van der Waals surface area contributed by atoms with Crippen LogP contribution in [0.2, 0.25) is 0 Å². The quantitative estimate of drug-likeness (QED) is 0.896. The molecule has 0 aromatic carbocycles. The van der Waals surface area contributed by atoms with Crippen LogP contribution in [-0.2, 0) is 4.74 Å². The lowest BCUT2D eigenvalue weighted by Gasteiger charge is -2.36. The Labute approximate surface area is 131 Å². The molecular formula is C15H24N4O3. The molecular weight excluding hydrogens is 284 g/mol. The number of aromatic nitrogens is 1. The van der Waals surface area contributed by atoms with Crippen LogP contribution in [0.3, 0.4) is 0 Å². The van der Waals surface area contributed by atoms with Crippen LogP contribution in [0.5, 0.6) is 5.75 Å². The number of carbonyl (C=O) groups excluding carboxylic acids is 1. The Balaban J connectivity index is 1.96. The molecule has 1 aliphatic heterocycles. The van der Waals surface area contributed by atoms with E-state index in [1.165, 1.54) is 0 Å². The van der Waals surface area contributed by atoms with Gasteiger partial charge in [-0.05, 0) is 20.8 Å². The van der Waals surface area contributed by atoms with E-state index < -0.39 is 5.60 Å². The van der Waals surface area contributed by atoms with Crippen molar-refractivity contribution in [3.05, 3.63) is 12.3 Å². The third-order valence-corrected chi connectivity index (χ3v) is 3.38. The second-order valence-corrected chi connectivity index (χ2v) is 6.24. The largest absolute Gasteiger partial charge is 0.493 e. The lowest BCUT2D eigenvalue weighted by molar-refractivity contribution is 0.0240. The molecule has 0 atom stereocenters. The minimum absolute atomic E-state index is 0.264. The first-order valence-corrected chi connectivity index (χ1v) is 7.32. The molecule has 1 aliphatic rings. The molecule has 0 aliphatic carbocycles. The molecule has 2 rings (SSSR count). The normalized spacial score (nSPS) is 15.6. The number of piperazine rings is 1. The van der Waals surface area contributed by atoms with Gasteiger partial charge < -0.3 is 25.0 Å². The number of rotatable bonds is 2. The van der Waals surface area contributed by atoms with E-state index in [0.29, 0.717) is 37.7 Å². The van der Waals surface area contributed by atoms with Gasteiger partial charge in [0.1, 0.15) is 5.60 Å². The number of amides is 1. The lowest BCUT2D eigenvalue weighted by atomic mass is 10.2. The molecule has 2 heterocycles. The Morgan fingerprint density at radius 2 is 1.91 bits per heavy atom. The van der Waals surface area contributed by atoms with E-state index in [2.05, 4.69) is 9.88 Å². The monoisotopic (exact) mass is 308 g/mol. The van der Waals surface area contributed by atoms with Crippen molar-refractivity contribution in [3.63, 3.8) is 0 Å². The van der Waals surface area contributed by atoms with Crippen LogP contribution in [0.25, 0.3) is 0 Å². The molecule has 0 radical (unpaired) electrons. The van der Waals surface area contributed by atoms with Gasteiger partial charge in [0.2, 0.25) is 0 Å². The van der Waals surface area contributed by atoms with Crippen LogP contribution < -0.4 is 15.4 Å². The number of pyridine rings is 1. The maximum atomic E-state index is 12.0. The molecule has 0 unspecified atom stereocenters. The first-order valence-electron chi connectivity index (χ1n) is 7.32. The van der Waals surface area contributed by atoms with E-state index in [-0.39, 0.29) is 6.09 Å². The minimum atomic E-state index is -0.470. The molecule has 0 bridgehead atoms. The summed E-state index contributed by atoms with van der Waals surface area (Å²) in [6, 6.07) is 1.87. The van der Waals surface area contributed by atoms with Gasteiger partial charge in [-0.25, -0.2) is 9.78 Å². The highest BCUT2D eigenvalue weighted by Crippen LogP contribution is 2.25. The fraction of sp³-hybridized carbons (Fsp3) is 0.600. The van der Waals surface area contributed by atoms with Gasteiger partial charge in [-0.15, -0.1) is 0 Å². The topological polar surface area (TPSA) is 80.9 Å². The number of hydrogen-bond donors (Lipinski definition) is 1. The summed E-state index contributed by atoms with van der Waals surface area (Å²) in [5.41, 5.74) is 6.20. The molecule has 0 saturated carbocycles. The van der Waals surface area contributed by atoms with Crippen LogP contribution >= 0.6 is 0 Å². The van der Waals surface area contributed by atoms with Crippen molar-refractivity contribution in [2.45, 2.75) is 26.4 Å². The van der Waals surface area contributed by atoms with Gasteiger partial charge in [-0.1, -0.05) is 0 Å². The standard InChI is InChI=1S/C15H24N4O3/c1-15(2,3)22-14(20)19-7-5-18(6-8-19)11-9-12(21-4)13(16)17-10-11/h9-10H,5-8H2,1-4H3,(H2,16,17). The third kappa shape index (κ3) is 3.93. The molecule has 1 aromatic rings. The van der Waals surface area contributed by atoms with Gasteiger partial charge >= 0.3 is 6.09 Å². The summed E-state index contributed by atoms with van der Waals surface area (Å²) in [5, 5.41) is 0. The van der Waals surface area contributed by atoms with Crippen molar-refractivity contribution in [2.75, 3.05) is 43.9 Å². The number of nitrogens with zero attached hydrogens (tertiary/aromatic N) is 3. The average Bonchev–Trinajstić information content (AvgIpc) is 2.46. The minimum Gasteiger partial charge on any atom is -0.493 e. The zero-order valence-electron chi connectivity index (χ0n) is 13.6. The predicted molar refractivity (Wildman–Crippen MR) is 85.2 cm³/mol. The number of hydrogen-bond acceptors (Lipinski definition) is 6. The Bertz CT molecular complexity index is 534. The zero-order valence-corrected chi connectivity index (χ0v) is 13.6. The molecule has 22 heavy (non-hydrogen) atoms. The lowest BCUT2D eigenvalue weighted by Crippen LogP contribution is -2.50. The van der Waals surface area contributed by atoms with Gasteiger partial charge in [0.05, 0.1) is 19.0 Å². The summed E-state index contributed by atoms with van der Waals surface area (Å²) in [6.07, 6.45) is 1.46. The average molecular weight is 308 g/mol. The molecule has 1 amide bonds. The molecule has 1 saturated heterocycles. The van der Waals surface area contributed by atoms with E-state index in [9.17, 15) is 4.79 Å². The zero-order chi connectivity index (χ0) is 16.3. The van der Waals surface area contributed by atoms with Crippen molar-refractivity contribution >= 4 is 17.6 Å². The van der Waals surface area contributed by atoms with Crippen molar-refractivity contribution in [1.29, 1.82) is 0 Å².